The van der Waals surface area contributed by atoms with Crippen molar-refractivity contribution in [3.05, 3.63) is 41.7 Å². The molecule has 2 heterocycles. The first-order chi connectivity index (χ1) is 11.2. The molecule has 0 spiro atoms. The molecule has 3 aromatic rings. The van der Waals surface area contributed by atoms with E-state index in [2.05, 4.69) is 25.6 Å². The van der Waals surface area contributed by atoms with E-state index < -0.39 is 0 Å². The summed E-state index contributed by atoms with van der Waals surface area (Å²) in [6.45, 7) is 0.637. The third-order valence-corrected chi connectivity index (χ3v) is 3.60. The van der Waals surface area contributed by atoms with Crippen molar-refractivity contribution in [3.63, 3.8) is 0 Å². The number of aromatic nitrogens is 3. The number of benzene rings is 1. The van der Waals surface area contributed by atoms with E-state index in [9.17, 15) is 5.11 Å². The summed E-state index contributed by atoms with van der Waals surface area (Å²) < 4.78 is 0. The first-order valence-corrected chi connectivity index (χ1v) is 7.19. The predicted molar refractivity (Wildman–Crippen MR) is 88.5 cm³/mol. The second kappa shape index (κ2) is 6.23. The molecular formula is C16H16N6O. The van der Waals surface area contributed by atoms with Crippen molar-refractivity contribution < 1.29 is 5.11 Å². The maximum absolute atomic E-state index is 9.79. The van der Waals surface area contributed by atoms with Crippen LogP contribution in [-0.2, 0) is 6.42 Å². The number of nitrogens with one attached hydrogen (secondary N) is 3. The van der Waals surface area contributed by atoms with Gasteiger partial charge in [-0.1, -0.05) is 12.1 Å². The average molecular weight is 308 g/mol. The Morgan fingerprint density at radius 3 is 3.04 bits per heavy atom. The highest BCUT2D eigenvalue weighted by Crippen LogP contribution is 2.26. The van der Waals surface area contributed by atoms with Crippen molar-refractivity contribution in [2.75, 3.05) is 24.2 Å². The number of fused-ring (bicyclic) bond motifs is 1. The van der Waals surface area contributed by atoms with Crippen LogP contribution in [0.1, 0.15) is 11.1 Å². The number of H-pyrrole nitrogens is 1. The van der Waals surface area contributed by atoms with E-state index >= 15 is 0 Å². The van der Waals surface area contributed by atoms with Gasteiger partial charge in [-0.3, -0.25) is 0 Å². The zero-order valence-corrected chi connectivity index (χ0v) is 12.6. The molecule has 7 nitrogen and oxygen atoms in total. The molecule has 0 aliphatic carbocycles. The number of para-hydroxylation sites is 1. The zero-order valence-electron chi connectivity index (χ0n) is 12.6. The number of hydrogen-bond donors (Lipinski definition) is 4. The van der Waals surface area contributed by atoms with Crippen molar-refractivity contribution in [3.8, 4) is 11.8 Å². The lowest BCUT2D eigenvalue weighted by Crippen LogP contribution is -2.09. The maximum Gasteiger partial charge on any atom is 0.224 e. The highest BCUT2D eigenvalue weighted by molar-refractivity contribution is 5.88. The molecule has 0 amide bonds. The molecule has 0 bridgehead atoms. The minimum absolute atomic E-state index is 0.246. The number of aromatic hydroxyl groups is 1. The molecule has 0 unspecified atom stereocenters. The Balaban J connectivity index is 1.69. The van der Waals surface area contributed by atoms with Crippen LogP contribution < -0.4 is 10.6 Å². The SMILES string of the molecule is CNc1nc(NCCc2c[nH]c3c(O)cccc23)ncc1C#N. The lowest BCUT2D eigenvalue weighted by molar-refractivity contribution is 0.480. The van der Waals surface area contributed by atoms with Crippen LogP contribution in [0.3, 0.4) is 0 Å². The van der Waals surface area contributed by atoms with E-state index in [0.29, 0.717) is 23.9 Å². The van der Waals surface area contributed by atoms with Gasteiger partial charge in [-0.2, -0.15) is 10.2 Å². The summed E-state index contributed by atoms with van der Waals surface area (Å²) in [7, 11) is 1.71. The van der Waals surface area contributed by atoms with E-state index in [4.69, 9.17) is 5.26 Å². The third-order valence-electron chi connectivity index (χ3n) is 3.60. The molecule has 2 aromatic heterocycles. The fourth-order valence-corrected chi connectivity index (χ4v) is 2.45. The summed E-state index contributed by atoms with van der Waals surface area (Å²) in [5.74, 6) is 1.22. The van der Waals surface area contributed by atoms with Crippen molar-refractivity contribution in [2.45, 2.75) is 6.42 Å². The van der Waals surface area contributed by atoms with E-state index in [-0.39, 0.29) is 5.75 Å². The molecule has 0 saturated heterocycles. The largest absolute Gasteiger partial charge is 0.506 e. The first-order valence-electron chi connectivity index (χ1n) is 7.19. The van der Waals surface area contributed by atoms with Crippen LogP contribution >= 0.6 is 0 Å². The Morgan fingerprint density at radius 2 is 2.26 bits per heavy atom. The number of nitrogens with zero attached hydrogens (tertiary/aromatic N) is 3. The van der Waals surface area contributed by atoms with Crippen LogP contribution in [-0.4, -0.2) is 33.7 Å². The van der Waals surface area contributed by atoms with Gasteiger partial charge in [-0.25, -0.2) is 4.98 Å². The van der Waals surface area contributed by atoms with Crippen LogP contribution in [0.2, 0.25) is 0 Å². The lowest BCUT2D eigenvalue weighted by Gasteiger charge is -2.07. The number of phenolic OH excluding ortho intramolecular Hbond substituents is 1. The van der Waals surface area contributed by atoms with E-state index in [1.807, 2.05) is 24.4 Å². The minimum Gasteiger partial charge on any atom is -0.506 e. The van der Waals surface area contributed by atoms with E-state index in [1.54, 1.807) is 13.1 Å². The Labute approximate surface area is 133 Å². The molecule has 4 N–H and O–H groups in total. The minimum atomic E-state index is 0.246. The normalized spacial score (nSPS) is 10.4. The maximum atomic E-state index is 9.79. The number of nitriles is 1. The summed E-state index contributed by atoms with van der Waals surface area (Å²) in [6.07, 6.45) is 4.14. The number of aromatic amines is 1. The molecular weight excluding hydrogens is 292 g/mol. The van der Waals surface area contributed by atoms with Gasteiger partial charge in [0.2, 0.25) is 5.95 Å². The fourth-order valence-electron chi connectivity index (χ4n) is 2.45. The monoisotopic (exact) mass is 308 g/mol. The van der Waals surface area contributed by atoms with E-state index in [0.717, 1.165) is 22.9 Å². The second-order valence-corrected chi connectivity index (χ2v) is 5.01. The van der Waals surface area contributed by atoms with Crippen molar-refractivity contribution in [2.24, 2.45) is 0 Å². The predicted octanol–water partition coefficient (Wildman–Crippen LogP) is 2.23. The fraction of sp³-hybridized carbons (Fsp3) is 0.188. The molecule has 0 radical (unpaired) electrons. The van der Waals surface area contributed by atoms with Gasteiger partial charge in [0.15, 0.2) is 0 Å². The Morgan fingerprint density at radius 1 is 1.39 bits per heavy atom. The zero-order chi connectivity index (χ0) is 16.2. The summed E-state index contributed by atoms with van der Waals surface area (Å²) in [4.78, 5) is 11.5. The summed E-state index contributed by atoms with van der Waals surface area (Å²) in [5.41, 5.74) is 2.26. The van der Waals surface area contributed by atoms with Gasteiger partial charge in [0.25, 0.3) is 0 Å². The quantitative estimate of drug-likeness (QED) is 0.575. The van der Waals surface area contributed by atoms with Crippen molar-refractivity contribution >= 4 is 22.7 Å². The molecule has 0 aliphatic rings. The molecule has 0 fully saturated rings. The van der Waals surface area contributed by atoms with Crippen LogP contribution in [0.25, 0.3) is 10.9 Å². The van der Waals surface area contributed by atoms with Gasteiger partial charge < -0.3 is 20.7 Å². The van der Waals surface area contributed by atoms with Gasteiger partial charge in [0.05, 0.1) is 11.7 Å². The average Bonchev–Trinajstić information content (AvgIpc) is 2.99. The standard InChI is InChI=1S/C16H16N6O/c1-18-15-11(7-17)9-21-16(22-15)19-6-5-10-8-20-14-12(10)3-2-4-13(14)23/h2-4,8-9,20,23H,5-6H2,1H3,(H2,18,19,21,22). The molecule has 7 heteroatoms. The Bertz CT molecular complexity index is 880. The molecule has 116 valence electrons. The van der Waals surface area contributed by atoms with Crippen molar-refractivity contribution in [1.29, 1.82) is 5.26 Å². The molecule has 0 atom stereocenters. The van der Waals surface area contributed by atoms with Gasteiger partial charge in [0.1, 0.15) is 23.2 Å². The van der Waals surface area contributed by atoms with Crippen LogP contribution in [0.5, 0.6) is 5.75 Å². The second-order valence-electron chi connectivity index (χ2n) is 5.01. The number of hydrogen-bond acceptors (Lipinski definition) is 6. The number of phenols is 1. The summed E-state index contributed by atoms with van der Waals surface area (Å²) in [5, 5.41) is 25.8. The number of rotatable bonds is 5. The smallest absolute Gasteiger partial charge is 0.224 e. The lowest BCUT2D eigenvalue weighted by atomic mass is 10.1. The molecule has 23 heavy (non-hydrogen) atoms. The summed E-state index contributed by atoms with van der Waals surface area (Å²) in [6, 6.07) is 7.49. The van der Waals surface area contributed by atoms with Crippen LogP contribution in [0.4, 0.5) is 11.8 Å². The highest BCUT2D eigenvalue weighted by Gasteiger charge is 2.08. The third kappa shape index (κ3) is 2.87. The molecule has 1 aromatic carbocycles. The molecule has 3 rings (SSSR count). The Kier molecular flexibility index (Phi) is 3.97. The van der Waals surface area contributed by atoms with Crippen LogP contribution in [0, 0.1) is 11.3 Å². The van der Waals surface area contributed by atoms with Crippen LogP contribution in [0.15, 0.2) is 30.6 Å². The van der Waals surface area contributed by atoms with Gasteiger partial charge in [-0.05, 0) is 18.1 Å². The molecule has 0 saturated carbocycles. The topological polar surface area (TPSA) is 110 Å². The highest BCUT2D eigenvalue weighted by atomic mass is 16.3. The van der Waals surface area contributed by atoms with Crippen molar-refractivity contribution in [1.82, 2.24) is 15.0 Å². The first kappa shape index (κ1) is 14.7. The van der Waals surface area contributed by atoms with E-state index in [1.165, 1.54) is 6.20 Å². The van der Waals surface area contributed by atoms with Gasteiger partial charge in [0, 0.05) is 25.2 Å². The molecule has 0 aliphatic heterocycles. The van der Waals surface area contributed by atoms with Gasteiger partial charge >= 0.3 is 0 Å². The van der Waals surface area contributed by atoms with Gasteiger partial charge in [-0.15, -0.1) is 0 Å². The summed E-state index contributed by atoms with van der Waals surface area (Å²) >= 11 is 0. The Hall–Kier alpha value is -3.27. The number of anilines is 2.